The first kappa shape index (κ1) is 19.9. The van der Waals surface area contributed by atoms with Crippen LogP contribution in [-0.4, -0.2) is 39.6 Å². The minimum atomic E-state index is 0.683. The Kier molecular flexibility index (Phi) is 16.8. The van der Waals surface area contributed by atoms with Crippen molar-refractivity contribution in [1.29, 1.82) is 0 Å². The van der Waals surface area contributed by atoms with E-state index >= 15 is 0 Å². The largest absolute Gasteiger partial charge is 0.379 e. The minimum Gasteiger partial charge on any atom is -0.379 e. The van der Waals surface area contributed by atoms with Gasteiger partial charge < -0.3 is 14.2 Å². The Bertz CT molecular complexity index is 174. The van der Waals surface area contributed by atoms with Crippen molar-refractivity contribution < 1.29 is 14.2 Å². The molecule has 122 valence electrons. The Hall–Kier alpha value is -0.120. The van der Waals surface area contributed by atoms with E-state index in [1.54, 1.807) is 0 Å². The molecule has 3 nitrogen and oxygen atoms in total. The quantitative estimate of drug-likeness (QED) is 0.393. The van der Waals surface area contributed by atoms with Gasteiger partial charge in [0.25, 0.3) is 0 Å². The molecular formula is C17H36O3. The van der Waals surface area contributed by atoms with Gasteiger partial charge in [0.1, 0.15) is 0 Å². The lowest BCUT2D eigenvalue weighted by Crippen LogP contribution is -2.14. The molecule has 20 heavy (non-hydrogen) atoms. The zero-order valence-corrected chi connectivity index (χ0v) is 14.0. The lowest BCUT2D eigenvalue weighted by Gasteiger charge is -2.14. The second kappa shape index (κ2) is 16.9. The van der Waals surface area contributed by atoms with Gasteiger partial charge in [-0.25, -0.2) is 0 Å². The van der Waals surface area contributed by atoms with Crippen LogP contribution in [-0.2, 0) is 14.2 Å². The molecule has 1 unspecified atom stereocenters. The van der Waals surface area contributed by atoms with Crippen molar-refractivity contribution in [1.82, 2.24) is 0 Å². The molecule has 0 aromatic rings. The molecule has 3 heteroatoms. The highest BCUT2D eigenvalue weighted by molar-refractivity contribution is 4.55. The topological polar surface area (TPSA) is 27.7 Å². The molecule has 0 aliphatic rings. The first-order valence-corrected chi connectivity index (χ1v) is 8.58. The van der Waals surface area contributed by atoms with Crippen LogP contribution in [0.5, 0.6) is 0 Å². The van der Waals surface area contributed by atoms with E-state index in [1.165, 1.54) is 38.5 Å². The van der Waals surface area contributed by atoms with Crippen LogP contribution in [0, 0.1) is 5.92 Å². The molecule has 0 bridgehead atoms. The number of hydrogen-bond acceptors (Lipinski definition) is 3. The average molecular weight is 288 g/mol. The van der Waals surface area contributed by atoms with Gasteiger partial charge in [0.05, 0.1) is 26.4 Å². The molecule has 0 fully saturated rings. The van der Waals surface area contributed by atoms with Gasteiger partial charge in [-0.3, -0.25) is 0 Å². The van der Waals surface area contributed by atoms with E-state index in [2.05, 4.69) is 20.8 Å². The maximum absolute atomic E-state index is 5.68. The van der Waals surface area contributed by atoms with E-state index in [4.69, 9.17) is 14.2 Å². The Labute approximate surface area is 126 Å². The maximum Gasteiger partial charge on any atom is 0.0701 e. The van der Waals surface area contributed by atoms with E-state index in [9.17, 15) is 0 Å². The molecule has 0 aliphatic carbocycles. The van der Waals surface area contributed by atoms with E-state index in [-0.39, 0.29) is 0 Å². The van der Waals surface area contributed by atoms with E-state index < -0.39 is 0 Å². The molecule has 0 amide bonds. The molecule has 0 aliphatic heterocycles. The maximum atomic E-state index is 5.68. The Morgan fingerprint density at radius 3 is 1.85 bits per heavy atom. The summed E-state index contributed by atoms with van der Waals surface area (Å²) in [5.74, 6) is 0.719. The molecule has 0 N–H and O–H groups in total. The standard InChI is InChI=1S/C17H36O3/c1-4-7-9-11-18-12-13-19-14-15-20-16-17(6-3)10-8-5-2/h17H,4-16H2,1-3H3. The normalized spacial score (nSPS) is 12.8. The summed E-state index contributed by atoms with van der Waals surface area (Å²) in [6.07, 6.45) is 8.76. The summed E-state index contributed by atoms with van der Waals surface area (Å²) < 4.78 is 16.6. The van der Waals surface area contributed by atoms with Crippen molar-refractivity contribution in [2.24, 2.45) is 5.92 Å². The second-order valence-corrected chi connectivity index (χ2v) is 5.42. The predicted molar refractivity (Wildman–Crippen MR) is 85.3 cm³/mol. The Balaban J connectivity index is 3.15. The van der Waals surface area contributed by atoms with Gasteiger partial charge in [-0.2, -0.15) is 0 Å². The SMILES string of the molecule is CCCCCOCCOCCOCC(CC)CCCC. The number of ether oxygens (including phenoxy) is 3. The minimum absolute atomic E-state index is 0.683. The summed E-state index contributed by atoms with van der Waals surface area (Å²) in [6.45, 7) is 11.2. The van der Waals surface area contributed by atoms with Crippen LogP contribution in [0.1, 0.15) is 65.7 Å². The first-order valence-electron chi connectivity index (χ1n) is 8.58. The van der Waals surface area contributed by atoms with Gasteiger partial charge in [0, 0.05) is 13.2 Å². The summed E-state index contributed by atoms with van der Waals surface area (Å²) in [4.78, 5) is 0. The van der Waals surface area contributed by atoms with Gasteiger partial charge in [-0.1, -0.05) is 52.9 Å². The van der Waals surface area contributed by atoms with E-state index in [0.717, 1.165) is 25.6 Å². The van der Waals surface area contributed by atoms with Gasteiger partial charge >= 0.3 is 0 Å². The molecular weight excluding hydrogens is 252 g/mol. The van der Waals surface area contributed by atoms with Crippen LogP contribution < -0.4 is 0 Å². The third-order valence-electron chi connectivity index (χ3n) is 3.53. The Morgan fingerprint density at radius 1 is 0.650 bits per heavy atom. The fourth-order valence-electron chi connectivity index (χ4n) is 2.04. The number of rotatable bonds is 16. The average Bonchev–Trinajstić information content (AvgIpc) is 2.48. The molecule has 1 atom stereocenters. The highest BCUT2D eigenvalue weighted by Crippen LogP contribution is 2.12. The highest BCUT2D eigenvalue weighted by Gasteiger charge is 2.05. The second-order valence-electron chi connectivity index (χ2n) is 5.42. The summed E-state index contributed by atoms with van der Waals surface area (Å²) in [5, 5.41) is 0. The van der Waals surface area contributed by atoms with Gasteiger partial charge in [0.2, 0.25) is 0 Å². The fraction of sp³-hybridized carbons (Fsp3) is 1.00. The van der Waals surface area contributed by atoms with Crippen molar-refractivity contribution >= 4 is 0 Å². The summed E-state index contributed by atoms with van der Waals surface area (Å²) in [6, 6.07) is 0. The Morgan fingerprint density at radius 2 is 1.25 bits per heavy atom. The van der Waals surface area contributed by atoms with Crippen molar-refractivity contribution in [2.75, 3.05) is 39.6 Å². The van der Waals surface area contributed by atoms with Crippen molar-refractivity contribution in [3.8, 4) is 0 Å². The molecule has 0 saturated carbocycles. The molecule has 0 aromatic heterocycles. The van der Waals surface area contributed by atoms with Gasteiger partial charge in [-0.15, -0.1) is 0 Å². The zero-order chi connectivity index (χ0) is 14.9. The van der Waals surface area contributed by atoms with Crippen LogP contribution in [0.2, 0.25) is 0 Å². The number of hydrogen-bond donors (Lipinski definition) is 0. The lowest BCUT2D eigenvalue weighted by molar-refractivity contribution is 0.00575. The summed E-state index contributed by atoms with van der Waals surface area (Å²) in [5.41, 5.74) is 0. The molecule has 0 rings (SSSR count). The fourth-order valence-corrected chi connectivity index (χ4v) is 2.04. The first-order chi connectivity index (χ1) is 9.85. The van der Waals surface area contributed by atoms with E-state index in [0.29, 0.717) is 26.4 Å². The van der Waals surface area contributed by atoms with Crippen LogP contribution in [0.3, 0.4) is 0 Å². The zero-order valence-electron chi connectivity index (χ0n) is 14.0. The molecule has 0 aromatic carbocycles. The highest BCUT2D eigenvalue weighted by atomic mass is 16.5. The third kappa shape index (κ3) is 14.3. The van der Waals surface area contributed by atoms with Crippen molar-refractivity contribution in [3.63, 3.8) is 0 Å². The van der Waals surface area contributed by atoms with Crippen molar-refractivity contribution in [3.05, 3.63) is 0 Å². The van der Waals surface area contributed by atoms with Crippen LogP contribution in [0.15, 0.2) is 0 Å². The van der Waals surface area contributed by atoms with Gasteiger partial charge in [0.15, 0.2) is 0 Å². The predicted octanol–water partition coefficient (Wildman–Crippen LogP) is 4.44. The monoisotopic (exact) mass is 288 g/mol. The molecule has 0 radical (unpaired) electrons. The van der Waals surface area contributed by atoms with Crippen LogP contribution in [0.25, 0.3) is 0 Å². The van der Waals surface area contributed by atoms with Gasteiger partial charge in [-0.05, 0) is 18.8 Å². The molecule has 0 saturated heterocycles. The van der Waals surface area contributed by atoms with Crippen molar-refractivity contribution in [2.45, 2.75) is 65.7 Å². The van der Waals surface area contributed by atoms with Crippen LogP contribution in [0.4, 0.5) is 0 Å². The van der Waals surface area contributed by atoms with E-state index in [1.807, 2.05) is 0 Å². The lowest BCUT2D eigenvalue weighted by atomic mass is 10.0. The smallest absolute Gasteiger partial charge is 0.0701 e. The molecule has 0 heterocycles. The third-order valence-corrected chi connectivity index (χ3v) is 3.53. The summed E-state index contributed by atoms with van der Waals surface area (Å²) >= 11 is 0. The van der Waals surface area contributed by atoms with Crippen LogP contribution >= 0.6 is 0 Å². The summed E-state index contributed by atoms with van der Waals surface area (Å²) in [7, 11) is 0. The number of unbranched alkanes of at least 4 members (excludes halogenated alkanes) is 3. The molecule has 0 spiro atoms.